The maximum atomic E-state index is 14.0. The number of carbonyl (C=O) groups is 1. The molecule has 2 heterocycles. The molecule has 1 N–H and O–H groups in total. The maximum absolute atomic E-state index is 14.0. The van der Waals surface area contributed by atoms with Crippen molar-refractivity contribution in [3.63, 3.8) is 0 Å². The molecule has 1 aromatic heterocycles. The lowest BCUT2D eigenvalue weighted by Gasteiger charge is -2.20. The van der Waals surface area contributed by atoms with Gasteiger partial charge in [0, 0.05) is 24.7 Å². The first-order valence-corrected chi connectivity index (χ1v) is 8.58. The zero-order chi connectivity index (χ0) is 18.8. The minimum atomic E-state index is -0.595. The van der Waals surface area contributed by atoms with Gasteiger partial charge in [-0.3, -0.25) is 4.79 Å². The highest BCUT2D eigenvalue weighted by molar-refractivity contribution is 5.95. The van der Waals surface area contributed by atoms with Gasteiger partial charge < -0.3 is 10.2 Å². The number of benzene rings is 2. The van der Waals surface area contributed by atoms with Crippen LogP contribution in [-0.4, -0.2) is 40.0 Å². The predicted molar refractivity (Wildman–Crippen MR) is 95.8 cm³/mol. The highest BCUT2D eigenvalue weighted by Crippen LogP contribution is 2.26. The molecule has 0 aliphatic carbocycles. The SMILES string of the molecule is O=C(N[C@@H]1CCN(c2c(F)cccc2F)C1)c1cccc(-n2ccnn2)c1. The molecule has 1 fully saturated rings. The summed E-state index contributed by atoms with van der Waals surface area (Å²) in [6.45, 7) is 0.828. The largest absolute Gasteiger partial charge is 0.365 e. The van der Waals surface area contributed by atoms with E-state index in [4.69, 9.17) is 0 Å². The Balaban J connectivity index is 1.45. The van der Waals surface area contributed by atoms with Crippen molar-refractivity contribution in [1.82, 2.24) is 20.3 Å². The van der Waals surface area contributed by atoms with Crippen molar-refractivity contribution in [3.05, 3.63) is 72.1 Å². The summed E-state index contributed by atoms with van der Waals surface area (Å²) in [5.41, 5.74) is 1.17. The van der Waals surface area contributed by atoms with Crippen molar-refractivity contribution < 1.29 is 13.6 Å². The van der Waals surface area contributed by atoms with E-state index < -0.39 is 11.6 Å². The van der Waals surface area contributed by atoms with Crippen LogP contribution in [0.3, 0.4) is 0 Å². The van der Waals surface area contributed by atoms with Gasteiger partial charge in [-0.05, 0) is 36.8 Å². The molecule has 0 saturated carbocycles. The van der Waals surface area contributed by atoms with E-state index in [9.17, 15) is 13.6 Å². The third-order valence-corrected chi connectivity index (χ3v) is 4.57. The summed E-state index contributed by atoms with van der Waals surface area (Å²) >= 11 is 0. The van der Waals surface area contributed by atoms with E-state index in [-0.39, 0.29) is 17.6 Å². The molecule has 0 unspecified atom stereocenters. The van der Waals surface area contributed by atoms with Gasteiger partial charge in [0.2, 0.25) is 0 Å². The number of carbonyl (C=O) groups excluding carboxylic acids is 1. The van der Waals surface area contributed by atoms with Crippen LogP contribution >= 0.6 is 0 Å². The van der Waals surface area contributed by atoms with Crippen LogP contribution in [0, 0.1) is 11.6 Å². The second kappa shape index (κ2) is 7.14. The molecule has 0 radical (unpaired) electrons. The third-order valence-electron chi connectivity index (χ3n) is 4.57. The topological polar surface area (TPSA) is 63.1 Å². The van der Waals surface area contributed by atoms with E-state index >= 15 is 0 Å². The molecule has 1 atom stereocenters. The molecule has 4 rings (SSSR count). The van der Waals surface area contributed by atoms with Crippen LogP contribution in [0.25, 0.3) is 5.69 Å². The number of nitrogens with one attached hydrogen (secondary N) is 1. The van der Waals surface area contributed by atoms with Gasteiger partial charge in [0.15, 0.2) is 0 Å². The van der Waals surface area contributed by atoms with Crippen molar-refractivity contribution in [2.24, 2.45) is 0 Å². The van der Waals surface area contributed by atoms with Gasteiger partial charge in [0.25, 0.3) is 5.91 Å². The molecule has 6 nitrogen and oxygen atoms in total. The number of rotatable bonds is 4. The lowest BCUT2D eigenvalue weighted by Crippen LogP contribution is -2.37. The van der Waals surface area contributed by atoms with Gasteiger partial charge in [-0.15, -0.1) is 5.10 Å². The number of hydrogen-bond acceptors (Lipinski definition) is 4. The van der Waals surface area contributed by atoms with Gasteiger partial charge in [-0.25, -0.2) is 13.5 Å². The monoisotopic (exact) mass is 369 g/mol. The molecule has 8 heteroatoms. The standard InChI is InChI=1S/C19H17F2N5O/c20-16-5-2-6-17(21)18(16)25-9-7-14(12-25)23-19(27)13-3-1-4-15(11-13)26-10-8-22-24-26/h1-6,8,10-11,14H,7,9,12H2,(H,23,27)/t14-/m1/s1. The Bertz CT molecular complexity index is 940. The summed E-state index contributed by atoms with van der Waals surface area (Å²) in [5, 5.41) is 10.6. The maximum Gasteiger partial charge on any atom is 0.251 e. The average molecular weight is 369 g/mol. The number of hydrogen-bond donors (Lipinski definition) is 1. The summed E-state index contributed by atoms with van der Waals surface area (Å²) < 4.78 is 29.5. The first-order valence-electron chi connectivity index (χ1n) is 8.58. The fourth-order valence-electron chi connectivity index (χ4n) is 3.28. The van der Waals surface area contributed by atoms with Crippen LogP contribution in [0.1, 0.15) is 16.8 Å². The lowest BCUT2D eigenvalue weighted by molar-refractivity contribution is 0.0940. The Hall–Kier alpha value is -3.29. The predicted octanol–water partition coefficient (Wildman–Crippen LogP) is 2.55. The molecule has 1 aliphatic heterocycles. The average Bonchev–Trinajstić information content (AvgIpc) is 3.34. The fourth-order valence-corrected chi connectivity index (χ4v) is 3.28. The molecule has 1 saturated heterocycles. The van der Waals surface area contributed by atoms with E-state index in [0.717, 1.165) is 5.69 Å². The molecule has 0 spiro atoms. The van der Waals surface area contributed by atoms with Crippen molar-refractivity contribution in [2.75, 3.05) is 18.0 Å². The van der Waals surface area contributed by atoms with Gasteiger partial charge in [0.1, 0.15) is 17.3 Å². The number of nitrogens with zero attached hydrogens (tertiary/aromatic N) is 4. The van der Waals surface area contributed by atoms with Crippen LogP contribution in [0.5, 0.6) is 0 Å². The quantitative estimate of drug-likeness (QED) is 0.768. The molecule has 2 aromatic carbocycles. The van der Waals surface area contributed by atoms with Crippen LogP contribution in [-0.2, 0) is 0 Å². The summed E-state index contributed by atoms with van der Waals surface area (Å²) in [7, 11) is 0. The summed E-state index contributed by atoms with van der Waals surface area (Å²) in [6.07, 6.45) is 3.86. The third kappa shape index (κ3) is 3.51. The lowest BCUT2D eigenvalue weighted by atomic mass is 10.1. The van der Waals surface area contributed by atoms with Crippen LogP contribution in [0.2, 0.25) is 0 Å². The Morgan fingerprint density at radius 1 is 1.15 bits per heavy atom. The van der Waals surface area contributed by atoms with Crippen molar-refractivity contribution in [1.29, 1.82) is 0 Å². The van der Waals surface area contributed by atoms with E-state index in [0.29, 0.717) is 25.1 Å². The first kappa shape index (κ1) is 17.1. The zero-order valence-corrected chi connectivity index (χ0v) is 14.3. The highest BCUT2D eigenvalue weighted by Gasteiger charge is 2.28. The normalized spacial score (nSPS) is 16.5. The number of para-hydroxylation sites is 1. The number of aromatic nitrogens is 3. The van der Waals surface area contributed by atoms with Crippen LogP contribution in [0.4, 0.5) is 14.5 Å². The van der Waals surface area contributed by atoms with Crippen molar-refractivity contribution >= 4 is 11.6 Å². The molecule has 3 aromatic rings. The van der Waals surface area contributed by atoms with Crippen molar-refractivity contribution in [2.45, 2.75) is 12.5 Å². The van der Waals surface area contributed by atoms with Crippen LogP contribution in [0.15, 0.2) is 54.9 Å². The molecule has 0 bridgehead atoms. The summed E-state index contributed by atoms with van der Waals surface area (Å²) in [4.78, 5) is 14.2. The van der Waals surface area contributed by atoms with Gasteiger partial charge >= 0.3 is 0 Å². The van der Waals surface area contributed by atoms with Gasteiger partial charge in [-0.2, -0.15) is 0 Å². The number of anilines is 1. The summed E-state index contributed by atoms with van der Waals surface area (Å²) in [5.74, 6) is -1.43. The first-order chi connectivity index (χ1) is 13.1. The Kier molecular flexibility index (Phi) is 4.53. The second-order valence-electron chi connectivity index (χ2n) is 6.37. The number of halogens is 2. The Labute approximate surface area is 154 Å². The van der Waals surface area contributed by atoms with Gasteiger partial charge in [0.05, 0.1) is 18.1 Å². The second-order valence-corrected chi connectivity index (χ2v) is 6.37. The highest BCUT2D eigenvalue weighted by atomic mass is 19.1. The minimum Gasteiger partial charge on any atom is -0.365 e. The van der Waals surface area contributed by atoms with E-state index in [1.807, 2.05) is 6.07 Å². The summed E-state index contributed by atoms with van der Waals surface area (Å²) in [6, 6.07) is 10.6. The molecule has 27 heavy (non-hydrogen) atoms. The number of amides is 1. The molecular weight excluding hydrogens is 352 g/mol. The fraction of sp³-hybridized carbons (Fsp3) is 0.211. The zero-order valence-electron chi connectivity index (χ0n) is 14.3. The molecule has 138 valence electrons. The Morgan fingerprint density at radius 3 is 2.67 bits per heavy atom. The molecule has 1 aliphatic rings. The van der Waals surface area contributed by atoms with E-state index in [2.05, 4.69) is 15.6 Å². The van der Waals surface area contributed by atoms with Crippen molar-refractivity contribution in [3.8, 4) is 5.69 Å². The van der Waals surface area contributed by atoms with E-state index in [1.54, 1.807) is 40.2 Å². The van der Waals surface area contributed by atoms with E-state index in [1.165, 1.54) is 18.2 Å². The molecular formula is C19H17F2N5O. The minimum absolute atomic E-state index is 0.0394. The smallest absolute Gasteiger partial charge is 0.251 e. The van der Waals surface area contributed by atoms with Crippen LogP contribution < -0.4 is 10.2 Å². The molecule has 1 amide bonds. The Morgan fingerprint density at radius 2 is 1.93 bits per heavy atom. The van der Waals surface area contributed by atoms with Gasteiger partial charge in [-0.1, -0.05) is 17.3 Å².